The number of halogens is 3. The third kappa shape index (κ3) is 4.05. The van der Waals surface area contributed by atoms with Gasteiger partial charge >= 0.3 is 6.36 Å². The Morgan fingerprint density at radius 3 is 2.70 bits per heavy atom. The van der Waals surface area contributed by atoms with Crippen molar-refractivity contribution in [3.63, 3.8) is 0 Å². The largest absolute Gasteiger partial charge is 0.573 e. The number of aromatic amines is 3. The lowest BCUT2D eigenvalue weighted by atomic mass is 10.1. The van der Waals surface area contributed by atoms with E-state index in [1.165, 1.54) is 18.4 Å². The highest BCUT2D eigenvalue weighted by Gasteiger charge is 2.34. The molecule has 0 radical (unpaired) electrons. The van der Waals surface area contributed by atoms with Crippen LogP contribution in [0.5, 0.6) is 5.75 Å². The quantitative estimate of drug-likeness (QED) is 0.245. The van der Waals surface area contributed by atoms with Gasteiger partial charge in [-0.3, -0.25) is 20.1 Å². The van der Waals surface area contributed by atoms with E-state index in [0.29, 0.717) is 34.0 Å². The van der Waals surface area contributed by atoms with Crippen molar-refractivity contribution in [3.05, 3.63) is 70.7 Å². The molecule has 0 bridgehead atoms. The predicted molar refractivity (Wildman–Crippen MR) is 128 cm³/mol. The third-order valence-corrected chi connectivity index (χ3v) is 5.69. The van der Waals surface area contributed by atoms with Crippen LogP contribution in [0, 0.1) is 6.92 Å². The van der Waals surface area contributed by atoms with Crippen LogP contribution < -0.4 is 15.6 Å². The van der Waals surface area contributed by atoms with E-state index in [-0.39, 0.29) is 22.3 Å². The Hall–Kier alpha value is -5.07. The SMILES string of the molecule is Cc1cccc2c(Nc3cc(-c4ccco4)[nH]n3)nc(-c3ccc4[nH][nH]c(=O)c4c3OC(F)(F)F)nc12. The molecule has 10 nitrogen and oxygen atoms in total. The number of nitrogens with one attached hydrogen (secondary N) is 4. The molecule has 0 spiro atoms. The van der Waals surface area contributed by atoms with Gasteiger partial charge in [-0.05, 0) is 42.8 Å². The number of anilines is 2. The second-order valence-corrected chi connectivity index (χ2v) is 8.13. The fourth-order valence-corrected chi connectivity index (χ4v) is 4.07. The van der Waals surface area contributed by atoms with Crippen LogP contribution in [0.2, 0.25) is 0 Å². The molecular formula is C24H16F3N7O3. The molecule has 0 saturated heterocycles. The second-order valence-electron chi connectivity index (χ2n) is 8.13. The number of hydrogen-bond acceptors (Lipinski definition) is 7. The lowest BCUT2D eigenvalue weighted by molar-refractivity contribution is -0.273. The Labute approximate surface area is 204 Å². The maximum absolute atomic E-state index is 13.4. The molecule has 0 unspecified atom stereocenters. The first kappa shape index (κ1) is 22.4. The van der Waals surface area contributed by atoms with Gasteiger partial charge in [0.2, 0.25) is 0 Å². The minimum Gasteiger partial charge on any atom is -0.463 e. The summed E-state index contributed by atoms with van der Waals surface area (Å²) in [6.45, 7) is 1.82. The number of rotatable bonds is 5. The number of fused-ring (bicyclic) bond motifs is 2. The van der Waals surface area contributed by atoms with Gasteiger partial charge in [-0.15, -0.1) is 13.2 Å². The van der Waals surface area contributed by atoms with E-state index < -0.39 is 17.7 Å². The molecule has 4 heterocycles. The van der Waals surface area contributed by atoms with Crippen LogP contribution in [-0.2, 0) is 0 Å². The average molecular weight is 507 g/mol. The molecule has 0 aliphatic heterocycles. The van der Waals surface area contributed by atoms with Crippen molar-refractivity contribution in [2.24, 2.45) is 0 Å². The minimum absolute atomic E-state index is 0.0761. The van der Waals surface area contributed by atoms with Gasteiger partial charge in [0, 0.05) is 11.5 Å². The Morgan fingerprint density at radius 1 is 1.05 bits per heavy atom. The predicted octanol–water partition coefficient (Wildman–Crippen LogP) is 5.40. The Bertz CT molecular complexity index is 1820. The molecule has 0 saturated carbocycles. The van der Waals surface area contributed by atoms with Gasteiger partial charge in [0.05, 0.1) is 22.9 Å². The molecule has 4 aromatic heterocycles. The molecule has 2 aromatic carbocycles. The molecule has 6 aromatic rings. The topological polar surface area (TPSA) is 138 Å². The molecule has 0 aliphatic carbocycles. The highest BCUT2D eigenvalue weighted by atomic mass is 19.4. The van der Waals surface area contributed by atoms with Crippen LogP contribution in [0.3, 0.4) is 0 Å². The third-order valence-electron chi connectivity index (χ3n) is 5.69. The number of furan rings is 1. The fraction of sp³-hybridized carbons (Fsp3) is 0.0833. The summed E-state index contributed by atoms with van der Waals surface area (Å²) in [5.41, 5.74) is 1.14. The summed E-state index contributed by atoms with van der Waals surface area (Å²) in [6, 6.07) is 13.4. The normalized spacial score (nSPS) is 11.9. The lowest BCUT2D eigenvalue weighted by Gasteiger charge is -2.15. The number of hydrogen-bond donors (Lipinski definition) is 4. The van der Waals surface area contributed by atoms with Crippen molar-refractivity contribution in [1.82, 2.24) is 30.4 Å². The number of nitrogens with zero attached hydrogens (tertiary/aromatic N) is 3. The van der Waals surface area contributed by atoms with E-state index in [9.17, 15) is 18.0 Å². The first-order valence-corrected chi connectivity index (χ1v) is 10.9. The molecule has 0 aliphatic rings. The van der Waals surface area contributed by atoms with Crippen LogP contribution in [0.1, 0.15) is 5.56 Å². The maximum atomic E-state index is 13.4. The van der Waals surface area contributed by atoms with Gasteiger partial charge in [0.15, 0.2) is 23.2 Å². The molecule has 186 valence electrons. The smallest absolute Gasteiger partial charge is 0.463 e. The summed E-state index contributed by atoms with van der Waals surface area (Å²) < 4.78 is 49.9. The van der Waals surface area contributed by atoms with E-state index in [1.807, 2.05) is 19.1 Å². The van der Waals surface area contributed by atoms with Crippen LogP contribution in [0.4, 0.5) is 24.8 Å². The van der Waals surface area contributed by atoms with E-state index in [0.717, 1.165) is 5.56 Å². The average Bonchev–Trinajstić information content (AvgIpc) is 3.60. The monoisotopic (exact) mass is 507 g/mol. The van der Waals surface area contributed by atoms with Gasteiger partial charge in [-0.1, -0.05) is 12.1 Å². The molecular weight excluding hydrogens is 491 g/mol. The van der Waals surface area contributed by atoms with E-state index in [2.05, 4.69) is 40.4 Å². The first-order valence-electron chi connectivity index (χ1n) is 10.9. The molecule has 0 atom stereocenters. The fourth-order valence-electron chi connectivity index (χ4n) is 4.07. The summed E-state index contributed by atoms with van der Waals surface area (Å²) in [7, 11) is 0. The number of para-hydroxylation sites is 1. The molecule has 13 heteroatoms. The zero-order valence-electron chi connectivity index (χ0n) is 18.9. The minimum atomic E-state index is -5.06. The maximum Gasteiger partial charge on any atom is 0.573 e. The van der Waals surface area contributed by atoms with Crippen LogP contribution >= 0.6 is 0 Å². The van der Waals surface area contributed by atoms with E-state index in [4.69, 9.17) is 4.42 Å². The van der Waals surface area contributed by atoms with Crippen molar-refractivity contribution in [3.8, 4) is 28.6 Å². The van der Waals surface area contributed by atoms with Crippen LogP contribution in [-0.4, -0.2) is 36.7 Å². The molecule has 0 fully saturated rings. The molecule has 37 heavy (non-hydrogen) atoms. The zero-order chi connectivity index (χ0) is 25.7. The van der Waals surface area contributed by atoms with Gasteiger partial charge in [-0.25, -0.2) is 9.97 Å². The molecule has 6 rings (SSSR count). The Morgan fingerprint density at radius 2 is 1.92 bits per heavy atom. The summed E-state index contributed by atoms with van der Waals surface area (Å²) in [5.74, 6) is 0.480. The number of H-pyrrole nitrogens is 3. The second kappa shape index (κ2) is 8.26. The molecule has 4 N–H and O–H groups in total. The highest BCUT2D eigenvalue weighted by molar-refractivity contribution is 5.96. The summed E-state index contributed by atoms with van der Waals surface area (Å²) >= 11 is 0. The number of aromatic nitrogens is 6. The Balaban J connectivity index is 1.54. The summed E-state index contributed by atoms with van der Waals surface area (Å²) in [5, 5.41) is 15.3. The van der Waals surface area contributed by atoms with E-state index in [1.54, 1.807) is 24.3 Å². The van der Waals surface area contributed by atoms with Gasteiger partial charge in [0.25, 0.3) is 5.56 Å². The van der Waals surface area contributed by atoms with Crippen molar-refractivity contribution in [2.45, 2.75) is 13.3 Å². The van der Waals surface area contributed by atoms with E-state index >= 15 is 0 Å². The summed E-state index contributed by atoms with van der Waals surface area (Å²) in [4.78, 5) is 21.4. The van der Waals surface area contributed by atoms with Crippen molar-refractivity contribution >= 4 is 33.4 Å². The number of ether oxygens (including phenoxy) is 1. The van der Waals surface area contributed by atoms with Crippen molar-refractivity contribution in [2.75, 3.05) is 5.32 Å². The van der Waals surface area contributed by atoms with Crippen molar-refractivity contribution in [1.29, 1.82) is 0 Å². The number of alkyl halides is 3. The molecule has 0 amide bonds. The first-order chi connectivity index (χ1) is 17.8. The van der Waals surface area contributed by atoms with Gasteiger partial charge in [0.1, 0.15) is 16.9 Å². The van der Waals surface area contributed by atoms with Crippen LogP contribution in [0.15, 0.2) is 64.0 Å². The van der Waals surface area contributed by atoms with Crippen LogP contribution in [0.25, 0.3) is 44.6 Å². The van der Waals surface area contributed by atoms with Crippen molar-refractivity contribution < 1.29 is 22.3 Å². The number of aryl methyl sites for hydroxylation is 1. The zero-order valence-corrected chi connectivity index (χ0v) is 18.9. The lowest BCUT2D eigenvalue weighted by Crippen LogP contribution is -2.19. The highest BCUT2D eigenvalue weighted by Crippen LogP contribution is 2.38. The van der Waals surface area contributed by atoms with Gasteiger partial charge < -0.3 is 14.5 Å². The van der Waals surface area contributed by atoms with Gasteiger partial charge in [-0.2, -0.15) is 5.10 Å². The summed E-state index contributed by atoms with van der Waals surface area (Å²) in [6.07, 6.45) is -3.53. The number of benzene rings is 2. The Kier molecular flexibility index (Phi) is 5.00. The standard InChI is InChI=1S/C24H16F3N7O3/c1-11-4-2-5-12-19(11)29-22(30-21(12)28-17-10-15(32-33-17)16-6-3-9-36-16)13-7-8-14-18(23(35)34-31-14)20(13)37-24(25,26)27/h2-10H,1H3,(H2,31,34,35)(H2,28,29,30,32,33).